The van der Waals surface area contributed by atoms with Gasteiger partial charge in [0.15, 0.2) is 0 Å². The summed E-state index contributed by atoms with van der Waals surface area (Å²) in [5, 5.41) is 3.52. The summed E-state index contributed by atoms with van der Waals surface area (Å²) in [6.45, 7) is 9.78. The summed E-state index contributed by atoms with van der Waals surface area (Å²) in [4.78, 5) is 17.7. The minimum absolute atomic E-state index is 0.108. The van der Waals surface area contributed by atoms with Crippen molar-refractivity contribution in [1.29, 1.82) is 0 Å². The predicted octanol–water partition coefficient (Wildman–Crippen LogP) is 1.65. The molecule has 4 rings (SSSR count). The molecule has 0 saturated carbocycles. The minimum Gasteiger partial charge on any atom is -0.399 e. The molecule has 3 aliphatic rings. The van der Waals surface area contributed by atoms with Gasteiger partial charge in [-0.3, -0.25) is 9.79 Å². The fourth-order valence-electron chi connectivity index (χ4n) is 3.92. The van der Waals surface area contributed by atoms with Gasteiger partial charge in [0.1, 0.15) is 5.84 Å². The van der Waals surface area contributed by atoms with E-state index in [-0.39, 0.29) is 30.4 Å². The summed E-state index contributed by atoms with van der Waals surface area (Å²) in [5.41, 5.74) is 1.54. The van der Waals surface area contributed by atoms with Crippen molar-refractivity contribution in [3.05, 3.63) is 29.8 Å². The van der Waals surface area contributed by atoms with Crippen LogP contribution in [0.1, 0.15) is 52.1 Å². The number of amidine groups is 1. The Kier molecular flexibility index (Phi) is 4.55. The first-order valence-electron chi connectivity index (χ1n) is 9.78. The Labute approximate surface area is 161 Å². The first-order chi connectivity index (χ1) is 12.8. The number of benzene rings is 1. The van der Waals surface area contributed by atoms with Gasteiger partial charge in [-0.05, 0) is 51.6 Å². The van der Waals surface area contributed by atoms with E-state index in [0.717, 1.165) is 37.1 Å². The van der Waals surface area contributed by atoms with Gasteiger partial charge in [0, 0.05) is 6.54 Å². The molecule has 0 aromatic heterocycles. The third kappa shape index (κ3) is 3.27. The van der Waals surface area contributed by atoms with Crippen LogP contribution in [0.4, 0.5) is 0 Å². The number of hydrogen-bond acceptors (Lipinski definition) is 5. The molecule has 0 spiro atoms. The van der Waals surface area contributed by atoms with Gasteiger partial charge in [-0.15, -0.1) is 0 Å². The van der Waals surface area contributed by atoms with Gasteiger partial charge >= 0.3 is 7.12 Å². The lowest BCUT2D eigenvalue weighted by Gasteiger charge is -2.32. The molecule has 1 N–H and O–H groups in total. The number of hydrogen-bond donors (Lipinski definition) is 1. The average molecular weight is 369 g/mol. The first kappa shape index (κ1) is 18.5. The lowest BCUT2D eigenvalue weighted by Crippen LogP contribution is -2.41. The Morgan fingerprint density at radius 2 is 1.85 bits per heavy atom. The van der Waals surface area contributed by atoms with Gasteiger partial charge in [0.25, 0.3) is 0 Å². The average Bonchev–Trinajstić information content (AvgIpc) is 3.33. The number of carbonyl (C=O) groups is 1. The van der Waals surface area contributed by atoms with E-state index in [1.165, 1.54) is 5.56 Å². The van der Waals surface area contributed by atoms with Crippen molar-refractivity contribution in [2.45, 2.75) is 63.8 Å². The van der Waals surface area contributed by atoms with Crippen molar-refractivity contribution in [1.82, 2.24) is 10.2 Å². The Morgan fingerprint density at radius 3 is 2.48 bits per heavy atom. The van der Waals surface area contributed by atoms with E-state index in [1.807, 2.05) is 4.90 Å². The molecule has 2 atom stereocenters. The Bertz CT molecular complexity index is 731. The highest BCUT2D eigenvalue weighted by atomic mass is 16.7. The third-order valence-corrected chi connectivity index (χ3v) is 6.38. The minimum atomic E-state index is -0.341. The van der Waals surface area contributed by atoms with Crippen LogP contribution in [0.15, 0.2) is 29.3 Å². The van der Waals surface area contributed by atoms with Gasteiger partial charge in [0.05, 0.1) is 29.8 Å². The number of nitrogens with one attached hydrogen (secondary N) is 1. The number of aliphatic imine (C=N–C) groups is 1. The molecule has 27 heavy (non-hydrogen) atoms. The van der Waals surface area contributed by atoms with Gasteiger partial charge in [-0.1, -0.05) is 24.3 Å². The molecular formula is C20H28BN3O3. The smallest absolute Gasteiger partial charge is 0.399 e. The molecular weight excluding hydrogens is 341 g/mol. The van der Waals surface area contributed by atoms with Crippen LogP contribution in [0.3, 0.4) is 0 Å². The molecule has 1 aromatic carbocycles. The highest BCUT2D eigenvalue weighted by molar-refractivity contribution is 6.62. The monoisotopic (exact) mass is 369 g/mol. The van der Waals surface area contributed by atoms with Crippen molar-refractivity contribution in [2.24, 2.45) is 4.99 Å². The maximum absolute atomic E-state index is 11.2. The van der Waals surface area contributed by atoms with E-state index >= 15 is 0 Å². The molecule has 2 fully saturated rings. The van der Waals surface area contributed by atoms with Crippen LogP contribution in [0, 0.1) is 0 Å². The molecule has 1 amide bonds. The molecule has 7 heteroatoms. The van der Waals surface area contributed by atoms with Crippen molar-refractivity contribution in [3.8, 4) is 0 Å². The predicted molar refractivity (Wildman–Crippen MR) is 106 cm³/mol. The molecule has 2 saturated heterocycles. The van der Waals surface area contributed by atoms with Crippen LogP contribution in [0.5, 0.6) is 0 Å². The quantitative estimate of drug-likeness (QED) is 0.648. The van der Waals surface area contributed by atoms with Gasteiger partial charge < -0.3 is 19.5 Å². The number of amides is 1. The second-order valence-corrected chi connectivity index (χ2v) is 8.68. The normalized spacial score (nSPS) is 29.0. The summed E-state index contributed by atoms with van der Waals surface area (Å²) in [5.74, 6) is 0.944. The molecule has 2 unspecified atom stereocenters. The maximum Gasteiger partial charge on any atom is 0.494 e. The van der Waals surface area contributed by atoms with Gasteiger partial charge in [-0.25, -0.2) is 0 Å². The van der Waals surface area contributed by atoms with E-state index in [4.69, 9.17) is 9.31 Å². The van der Waals surface area contributed by atoms with Crippen molar-refractivity contribution >= 4 is 24.8 Å². The molecule has 0 aliphatic carbocycles. The summed E-state index contributed by atoms with van der Waals surface area (Å²) in [6.07, 6.45) is 2.96. The summed E-state index contributed by atoms with van der Waals surface area (Å²) >= 11 is 0. The van der Waals surface area contributed by atoms with Crippen LogP contribution in [-0.2, 0) is 14.1 Å². The molecule has 3 heterocycles. The van der Waals surface area contributed by atoms with Gasteiger partial charge in [-0.2, -0.15) is 0 Å². The second kappa shape index (κ2) is 6.64. The Hall–Kier alpha value is -1.86. The van der Waals surface area contributed by atoms with Gasteiger partial charge in [0.2, 0.25) is 6.41 Å². The van der Waals surface area contributed by atoms with Crippen LogP contribution >= 0.6 is 0 Å². The third-order valence-electron chi connectivity index (χ3n) is 6.38. The molecule has 144 valence electrons. The number of likely N-dealkylation sites (tertiary alicyclic amines) is 1. The van der Waals surface area contributed by atoms with E-state index in [2.05, 4.69) is 62.3 Å². The fraction of sp³-hybridized carbons (Fsp3) is 0.600. The zero-order valence-electron chi connectivity index (χ0n) is 16.6. The summed E-state index contributed by atoms with van der Waals surface area (Å²) in [6, 6.07) is 8.64. The van der Waals surface area contributed by atoms with Crippen molar-refractivity contribution in [2.75, 3.05) is 13.1 Å². The van der Waals surface area contributed by atoms with E-state index in [1.54, 1.807) is 0 Å². The molecule has 3 aliphatic heterocycles. The second-order valence-electron chi connectivity index (χ2n) is 8.68. The molecule has 6 nitrogen and oxygen atoms in total. The zero-order valence-corrected chi connectivity index (χ0v) is 16.6. The van der Waals surface area contributed by atoms with Crippen LogP contribution < -0.4 is 10.8 Å². The standard InChI is InChI=1S/C20H28BN3O3/c1-19(2)20(3,4)27-21(26-19)15-9-7-14(8-10-15)16-12-22-18(23-16)17-6-5-11-24(17)13-25/h7-10,13,16-17H,5-6,11-12H2,1-4H3,(H,22,23). The van der Waals surface area contributed by atoms with E-state index in [0.29, 0.717) is 6.54 Å². The summed E-state index contributed by atoms with van der Waals surface area (Å²) < 4.78 is 12.3. The number of carbonyl (C=O) groups excluding carboxylic acids is 1. The Morgan fingerprint density at radius 1 is 1.19 bits per heavy atom. The summed E-state index contributed by atoms with van der Waals surface area (Å²) in [7, 11) is -0.341. The largest absolute Gasteiger partial charge is 0.494 e. The number of rotatable bonds is 4. The maximum atomic E-state index is 11.2. The zero-order chi connectivity index (χ0) is 19.2. The lowest BCUT2D eigenvalue weighted by atomic mass is 9.78. The lowest BCUT2D eigenvalue weighted by molar-refractivity contribution is -0.117. The Balaban J connectivity index is 1.42. The van der Waals surface area contributed by atoms with Crippen LogP contribution in [-0.4, -0.2) is 54.6 Å². The fourth-order valence-corrected chi connectivity index (χ4v) is 3.92. The molecule has 1 aromatic rings. The molecule has 0 bridgehead atoms. The highest BCUT2D eigenvalue weighted by Crippen LogP contribution is 2.36. The van der Waals surface area contributed by atoms with Crippen LogP contribution in [0.25, 0.3) is 0 Å². The molecule has 0 radical (unpaired) electrons. The SMILES string of the molecule is CC1(C)OB(c2ccc(C3CN=C(C4CCCN4C=O)N3)cc2)OC1(C)C. The first-order valence-corrected chi connectivity index (χ1v) is 9.78. The topological polar surface area (TPSA) is 63.2 Å². The highest BCUT2D eigenvalue weighted by Gasteiger charge is 2.51. The van der Waals surface area contributed by atoms with E-state index < -0.39 is 0 Å². The number of nitrogens with zero attached hydrogens (tertiary/aromatic N) is 2. The van der Waals surface area contributed by atoms with Crippen LogP contribution in [0.2, 0.25) is 0 Å². The van der Waals surface area contributed by atoms with E-state index in [9.17, 15) is 4.79 Å². The van der Waals surface area contributed by atoms with Crippen molar-refractivity contribution in [3.63, 3.8) is 0 Å². The van der Waals surface area contributed by atoms with Crippen molar-refractivity contribution < 1.29 is 14.1 Å².